The van der Waals surface area contributed by atoms with Crippen LogP contribution in [0, 0.1) is 0 Å². The maximum atomic E-state index is 12.4. The molecule has 0 radical (unpaired) electrons. The van der Waals surface area contributed by atoms with Crippen LogP contribution in [0.3, 0.4) is 0 Å². The van der Waals surface area contributed by atoms with E-state index in [2.05, 4.69) is 4.74 Å². The van der Waals surface area contributed by atoms with Gasteiger partial charge < -0.3 is 14.4 Å². The summed E-state index contributed by atoms with van der Waals surface area (Å²) in [6.07, 6.45) is 1.29. The molecule has 0 aromatic heterocycles. The third-order valence-corrected chi connectivity index (χ3v) is 6.41. The Morgan fingerprint density at radius 3 is 2.57 bits per heavy atom. The fourth-order valence-electron chi connectivity index (χ4n) is 2.85. The fourth-order valence-corrected chi connectivity index (χ4v) is 5.10. The molecule has 1 saturated heterocycles. The molecule has 1 heterocycles. The van der Waals surface area contributed by atoms with Crippen LogP contribution in [0.25, 0.3) is 0 Å². The summed E-state index contributed by atoms with van der Waals surface area (Å²) in [5.74, 6) is -0.160. The van der Waals surface area contributed by atoms with Gasteiger partial charge in [-0.2, -0.15) is 0 Å². The van der Waals surface area contributed by atoms with Gasteiger partial charge in [0.25, 0.3) is 0 Å². The highest BCUT2D eigenvalue weighted by Crippen LogP contribution is 2.31. The Kier molecular flexibility index (Phi) is 7.00. The van der Waals surface area contributed by atoms with Crippen molar-refractivity contribution in [1.82, 2.24) is 4.90 Å². The van der Waals surface area contributed by atoms with Crippen molar-refractivity contribution in [3.8, 4) is 0 Å². The number of benzene rings is 1. The Morgan fingerprint density at radius 2 is 2.00 bits per heavy atom. The molecule has 0 bridgehead atoms. The number of thioether (sulfide) groups is 1. The van der Waals surface area contributed by atoms with E-state index in [0.717, 1.165) is 12.8 Å². The standard InChI is InChI=1S/C18H26N2O6S2/c1-18(2,3)26-17(22)20-9-5-6-13(20)11-27-14-8-7-12(16(21)25-4)10-15(14)28(19,23)24/h7-8,10,13H,5-6,9,11H2,1-4H3,(H2,19,23,24). The molecule has 10 heteroatoms. The molecule has 1 aliphatic rings. The second-order valence-corrected chi connectivity index (χ2v) is 10.1. The summed E-state index contributed by atoms with van der Waals surface area (Å²) in [5, 5.41) is 5.32. The normalized spacial score (nSPS) is 17.5. The van der Waals surface area contributed by atoms with E-state index in [1.54, 1.807) is 4.90 Å². The number of sulfonamides is 1. The molecule has 1 fully saturated rings. The van der Waals surface area contributed by atoms with E-state index in [9.17, 15) is 18.0 Å². The lowest BCUT2D eigenvalue weighted by molar-refractivity contribution is 0.0241. The number of nitrogens with zero attached hydrogens (tertiary/aromatic N) is 1. The first-order valence-electron chi connectivity index (χ1n) is 8.80. The summed E-state index contributed by atoms with van der Waals surface area (Å²) < 4.78 is 34.0. The number of hydrogen-bond acceptors (Lipinski definition) is 7. The van der Waals surface area contributed by atoms with Crippen molar-refractivity contribution in [3.63, 3.8) is 0 Å². The average molecular weight is 431 g/mol. The lowest BCUT2D eigenvalue weighted by Crippen LogP contribution is -2.40. The van der Waals surface area contributed by atoms with E-state index < -0.39 is 21.6 Å². The number of ether oxygens (including phenoxy) is 2. The number of carbonyl (C=O) groups is 2. The van der Waals surface area contributed by atoms with Gasteiger partial charge in [0.05, 0.1) is 17.6 Å². The van der Waals surface area contributed by atoms with Crippen LogP contribution in [0.1, 0.15) is 44.0 Å². The summed E-state index contributed by atoms with van der Waals surface area (Å²) in [6, 6.07) is 4.16. The lowest BCUT2D eigenvalue weighted by Gasteiger charge is -2.28. The van der Waals surface area contributed by atoms with Crippen molar-refractivity contribution >= 4 is 33.8 Å². The van der Waals surface area contributed by atoms with E-state index >= 15 is 0 Å². The summed E-state index contributed by atoms with van der Waals surface area (Å²) in [7, 11) is -2.82. The topological polar surface area (TPSA) is 116 Å². The maximum absolute atomic E-state index is 12.4. The monoisotopic (exact) mass is 430 g/mol. The van der Waals surface area contributed by atoms with E-state index in [4.69, 9.17) is 9.88 Å². The molecule has 8 nitrogen and oxygen atoms in total. The zero-order valence-corrected chi connectivity index (χ0v) is 18.1. The van der Waals surface area contributed by atoms with Crippen molar-refractivity contribution in [2.24, 2.45) is 5.14 Å². The molecular formula is C18H26N2O6S2. The average Bonchev–Trinajstić information content (AvgIpc) is 3.05. The number of rotatable bonds is 5. The number of methoxy groups -OCH3 is 1. The van der Waals surface area contributed by atoms with Crippen molar-refractivity contribution in [1.29, 1.82) is 0 Å². The Balaban J connectivity index is 2.17. The van der Waals surface area contributed by atoms with Gasteiger partial charge >= 0.3 is 12.1 Å². The Morgan fingerprint density at radius 1 is 1.32 bits per heavy atom. The van der Waals surface area contributed by atoms with Gasteiger partial charge in [-0.15, -0.1) is 11.8 Å². The largest absolute Gasteiger partial charge is 0.465 e. The second-order valence-electron chi connectivity index (χ2n) is 7.48. The predicted molar refractivity (Wildman–Crippen MR) is 106 cm³/mol. The van der Waals surface area contributed by atoms with Crippen molar-refractivity contribution < 1.29 is 27.5 Å². The van der Waals surface area contributed by atoms with Crippen LogP contribution in [0.5, 0.6) is 0 Å². The first-order valence-corrected chi connectivity index (χ1v) is 11.3. The molecule has 1 aliphatic heterocycles. The Labute approximate surface area is 169 Å². The van der Waals surface area contributed by atoms with Crippen LogP contribution >= 0.6 is 11.8 Å². The smallest absolute Gasteiger partial charge is 0.410 e. The minimum atomic E-state index is -4.03. The summed E-state index contributed by atoms with van der Waals surface area (Å²) in [6.45, 7) is 6.04. The fraction of sp³-hybridized carbons (Fsp3) is 0.556. The highest BCUT2D eigenvalue weighted by Gasteiger charge is 2.32. The van der Waals surface area contributed by atoms with E-state index in [1.807, 2.05) is 20.8 Å². The molecule has 156 valence electrons. The van der Waals surface area contributed by atoms with Crippen molar-refractivity contribution in [3.05, 3.63) is 23.8 Å². The molecule has 1 amide bonds. The third-order valence-electron chi connectivity index (χ3n) is 4.11. The van der Waals surface area contributed by atoms with E-state index in [0.29, 0.717) is 17.2 Å². The van der Waals surface area contributed by atoms with E-state index in [-0.39, 0.29) is 22.6 Å². The van der Waals surface area contributed by atoms with Crippen LogP contribution in [0.4, 0.5) is 4.79 Å². The van der Waals surface area contributed by atoms with Crippen LogP contribution in [0.2, 0.25) is 0 Å². The van der Waals surface area contributed by atoms with Gasteiger partial charge in [0.1, 0.15) is 5.60 Å². The molecule has 2 rings (SSSR count). The number of likely N-dealkylation sites (tertiary alicyclic amines) is 1. The van der Waals surface area contributed by atoms with Crippen molar-refractivity contribution in [2.45, 2.75) is 55.0 Å². The SMILES string of the molecule is COC(=O)c1ccc(SCC2CCCN2C(=O)OC(C)(C)C)c(S(N)(=O)=O)c1. The van der Waals surface area contributed by atoms with E-state index in [1.165, 1.54) is 37.1 Å². The Bertz CT molecular complexity index is 848. The zero-order valence-electron chi connectivity index (χ0n) is 16.4. The molecular weight excluding hydrogens is 404 g/mol. The number of nitrogens with two attached hydrogens (primary N) is 1. The third kappa shape index (κ3) is 5.86. The van der Waals surface area contributed by atoms with Crippen LogP contribution in [-0.2, 0) is 19.5 Å². The van der Waals surface area contributed by atoms with Gasteiger partial charge in [0.2, 0.25) is 10.0 Å². The molecule has 1 atom stereocenters. The van der Waals surface area contributed by atoms with Gasteiger partial charge in [-0.05, 0) is 51.8 Å². The second kappa shape index (κ2) is 8.71. The number of primary sulfonamides is 1. The first kappa shape index (κ1) is 22.5. The molecule has 0 aliphatic carbocycles. The molecule has 1 aromatic rings. The lowest BCUT2D eigenvalue weighted by atomic mass is 10.2. The number of carbonyl (C=O) groups excluding carboxylic acids is 2. The Hall–Kier alpha value is -1.78. The summed E-state index contributed by atoms with van der Waals surface area (Å²) in [5.41, 5.74) is -0.478. The molecule has 2 N–H and O–H groups in total. The van der Waals surface area contributed by atoms with Gasteiger partial charge in [-0.3, -0.25) is 0 Å². The highest BCUT2D eigenvalue weighted by molar-refractivity contribution is 8.00. The minimum Gasteiger partial charge on any atom is -0.465 e. The van der Waals surface area contributed by atoms with Gasteiger partial charge in [-0.1, -0.05) is 0 Å². The van der Waals surface area contributed by atoms with Gasteiger partial charge in [0.15, 0.2) is 0 Å². The zero-order chi connectivity index (χ0) is 21.1. The van der Waals surface area contributed by atoms with Crippen molar-refractivity contribution in [2.75, 3.05) is 19.4 Å². The van der Waals surface area contributed by atoms with Crippen LogP contribution < -0.4 is 5.14 Å². The molecule has 1 unspecified atom stereocenters. The van der Waals surface area contributed by atoms with Gasteiger partial charge in [-0.25, -0.2) is 23.1 Å². The number of esters is 1. The quantitative estimate of drug-likeness (QED) is 0.564. The number of amides is 1. The summed E-state index contributed by atoms with van der Waals surface area (Å²) >= 11 is 1.28. The maximum Gasteiger partial charge on any atom is 0.410 e. The molecule has 1 aromatic carbocycles. The van der Waals surface area contributed by atoms with Gasteiger partial charge in [0, 0.05) is 23.2 Å². The first-order chi connectivity index (χ1) is 12.9. The minimum absolute atomic E-state index is 0.0755. The predicted octanol–water partition coefficient (Wildman–Crippen LogP) is 2.61. The molecule has 0 spiro atoms. The number of hydrogen-bond donors (Lipinski definition) is 1. The highest BCUT2D eigenvalue weighted by atomic mass is 32.2. The van der Waals surface area contributed by atoms with Crippen LogP contribution in [-0.4, -0.2) is 56.4 Å². The molecule has 0 saturated carbocycles. The molecule has 28 heavy (non-hydrogen) atoms. The summed E-state index contributed by atoms with van der Waals surface area (Å²) in [4.78, 5) is 26.0. The van der Waals surface area contributed by atoms with Crippen LogP contribution in [0.15, 0.2) is 28.0 Å².